The summed E-state index contributed by atoms with van der Waals surface area (Å²) in [6.07, 6.45) is 4.34. The number of fused-ring (bicyclic) bond motifs is 1. The Morgan fingerprint density at radius 1 is 1.53 bits per heavy atom. The van der Waals surface area contributed by atoms with Gasteiger partial charge in [-0.15, -0.1) is 17.9 Å². The molecule has 0 spiro atoms. The van der Waals surface area contributed by atoms with Crippen molar-refractivity contribution in [3.63, 3.8) is 0 Å². The van der Waals surface area contributed by atoms with Crippen LogP contribution in [0.15, 0.2) is 18.3 Å². The fourth-order valence-corrected chi connectivity index (χ4v) is 7.94. The Bertz CT molecular complexity index is 344. The zero-order valence-corrected chi connectivity index (χ0v) is 13.1. The highest BCUT2D eigenvalue weighted by Gasteiger charge is 2.29. The Morgan fingerprint density at radius 3 is 3.07 bits per heavy atom. The first-order valence-electron chi connectivity index (χ1n) is 5.15. The molecular weight excluding hydrogens is 258 g/mol. The van der Waals surface area contributed by atoms with Gasteiger partial charge in [-0.3, -0.25) is 4.98 Å². The maximum atomic E-state index is 4.52. The Labute approximate surface area is 99.2 Å². The van der Waals surface area contributed by atoms with E-state index in [2.05, 4.69) is 41.9 Å². The molecule has 0 radical (unpaired) electrons. The van der Waals surface area contributed by atoms with Crippen LogP contribution in [-0.4, -0.2) is 10.6 Å². The molecule has 82 valence electrons. The summed E-state index contributed by atoms with van der Waals surface area (Å²) < 4.78 is 0. The van der Waals surface area contributed by atoms with E-state index in [-0.39, 0.29) is 7.30 Å². The molecule has 1 aliphatic carbocycles. The Morgan fingerprint density at radius 2 is 2.33 bits per heavy atom. The van der Waals surface area contributed by atoms with Crippen molar-refractivity contribution >= 4 is 33.1 Å². The average Bonchev–Trinajstić information content (AvgIpc) is 2.27. The highest BCUT2D eigenvalue weighted by atomic mass is 32.6. The van der Waals surface area contributed by atoms with Gasteiger partial charge in [-0.05, 0) is 36.0 Å². The molecule has 2 rings (SSSR count). The quantitative estimate of drug-likeness (QED) is 0.747. The minimum atomic E-state index is 0.107. The van der Waals surface area contributed by atoms with E-state index >= 15 is 0 Å². The number of nitrogens with zero attached hydrogens (tertiary/aromatic N) is 1. The van der Waals surface area contributed by atoms with E-state index in [1.807, 2.05) is 6.20 Å². The molecule has 1 aliphatic rings. The van der Waals surface area contributed by atoms with Crippen LogP contribution in [0.3, 0.4) is 0 Å². The van der Waals surface area contributed by atoms with Crippen LogP contribution >= 0.6 is 33.1 Å². The van der Waals surface area contributed by atoms with Gasteiger partial charge in [0.15, 0.2) is 0 Å². The van der Waals surface area contributed by atoms with E-state index in [1.54, 1.807) is 0 Å². The third-order valence-electron chi connectivity index (χ3n) is 3.09. The molecule has 6 unspecified atom stereocenters. The van der Waals surface area contributed by atoms with Crippen LogP contribution in [0.1, 0.15) is 18.2 Å². The third kappa shape index (κ3) is 2.76. The molecule has 0 bridgehead atoms. The molecule has 0 aromatic carbocycles. The van der Waals surface area contributed by atoms with Crippen LogP contribution < -0.4 is 0 Å². The molecule has 1 nitrogen and oxygen atoms in total. The van der Waals surface area contributed by atoms with Crippen molar-refractivity contribution in [1.29, 1.82) is 0 Å². The summed E-state index contributed by atoms with van der Waals surface area (Å²) in [5.41, 5.74) is 3.67. The van der Waals surface area contributed by atoms with E-state index in [4.69, 9.17) is 0 Å². The summed E-state index contributed by atoms with van der Waals surface area (Å²) in [7, 11) is 7.09. The van der Waals surface area contributed by atoms with Crippen LogP contribution in [0, 0.1) is 5.92 Å². The smallest absolute Gasteiger partial charge is 0.0442 e. The highest BCUT2D eigenvalue weighted by molar-refractivity contribution is 8.61. The van der Waals surface area contributed by atoms with Gasteiger partial charge < -0.3 is 0 Å². The second-order valence-corrected chi connectivity index (χ2v) is 13.7. The average molecular weight is 275 g/mol. The van der Waals surface area contributed by atoms with Crippen molar-refractivity contribution in [3.05, 3.63) is 29.6 Å². The number of pyridine rings is 1. The maximum absolute atomic E-state index is 4.52. The second kappa shape index (κ2) is 5.47. The molecule has 5 heteroatoms. The van der Waals surface area contributed by atoms with Gasteiger partial charge in [0.1, 0.15) is 0 Å². The lowest BCUT2D eigenvalue weighted by molar-refractivity contribution is 0.507. The fourth-order valence-electron chi connectivity index (χ4n) is 2.19. The second-order valence-electron chi connectivity index (χ2n) is 4.10. The minimum absolute atomic E-state index is 0.107. The molecule has 1 aromatic heterocycles. The zero-order valence-electron chi connectivity index (χ0n) is 8.85. The predicted octanol–water partition coefficient (Wildman–Crippen LogP) is 3.84. The molecule has 0 saturated heterocycles. The molecule has 1 heterocycles. The first-order chi connectivity index (χ1) is 7.22. The van der Waals surface area contributed by atoms with Crippen LogP contribution in [0.2, 0.25) is 0 Å². The van der Waals surface area contributed by atoms with Crippen molar-refractivity contribution in [2.45, 2.75) is 25.4 Å². The lowest BCUT2D eigenvalue weighted by Crippen LogP contribution is -2.25. The molecule has 0 amide bonds. The first-order valence-corrected chi connectivity index (χ1v) is 11.8. The Balaban J connectivity index is 2.22. The number of aromatic nitrogens is 1. The number of hydrogen-bond acceptors (Lipinski definition) is 1. The largest absolute Gasteiger partial charge is 0.261 e. The molecule has 1 aromatic rings. The van der Waals surface area contributed by atoms with Crippen molar-refractivity contribution in [2.24, 2.45) is 5.92 Å². The van der Waals surface area contributed by atoms with Crippen molar-refractivity contribution in [2.75, 3.05) is 0 Å². The van der Waals surface area contributed by atoms with Crippen LogP contribution in [0.25, 0.3) is 0 Å². The number of rotatable bonds is 2. The monoisotopic (exact) mass is 275 g/mol. The molecule has 6 atom stereocenters. The van der Waals surface area contributed by atoms with Crippen LogP contribution in [0.5, 0.6) is 0 Å². The number of hydrogen-bond donors (Lipinski definition) is 0. The predicted molar refractivity (Wildman–Crippen MR) is 79.3 cm³/mol. The Hall–Kier alpha value is 0.870. The summed E-state index contributed by atoms with van der Waals surface area (Å²) in [4.78, 5) is 4.52. The van der Waals surface area contributed by atoms with Gasteiger partial charge in [-0.1, -0.05) is 28.2 Å². The van der Waals surface area contributed by atoms with Gasteiger partial charge in [0.05, 0.1) is 0 Å². The third-order valence-corrected chi connectivity index (χ3v) is 14.5. The summed E-state index contributed by atoms with van der Waals surface area (Å²) >= 11 is 0. The topological polar surface area (TPSA) is 12.9 Å². The van der Waals surface area contributed by atoms with E-state index in [0.29, 0.717) is 0 Å². The van der Waals surface area contributed by atoms with Gasteiger partial charge in [-0.2, -0.15) is 0 Å². The summed E-state index contributed by atoms with van der Waals surface area (Å²) in [5, 5.41) is 0. The molecule has 0 N–H and O–H groups in total. The lowest BCUT2D eigenvalue weighted by Gasteiger charge is -2.33. The minimum Gasteiger partial charge on any atom is -0.261 e. The summed E-state index contributed by atoms with van der Waals surface area (Å²) in [5.74, 6) is 0.818. The van der Waals surface area contributed by atoms with Crippen molar-refractivity contribution in [3.8, 4) is 0 Å². The first kappa shape index (κ1) is 12.3. The Kier molecular flexibility index (Phi) is 4.50. The normalized spacial score (nSPS) is 27.9. The van der Waals surface area contributed by atoms with E-state index in [1.165, 1.54) is 24.1 Å². The highest BCUT2D eigenvalue weighted by Crippen LogP contribution is 2.71. The van der Waals surface area contributed by atoms with Crippen LogP contribution in [0.4, 0.5) is 0 Å². The van der Waals surface area contributed by atoms with Gasteiger partial charge >= 0.3 is 0 Å². The molecule has 0 saturated carbocycles. The molecular formula is C10H17NP4. The molecule has 0 fully saturated rings. The fraction of sp³-hybridized carbons (Fsp3) is 0.500. The van der Waals surface area contributed by atoms with Crippen molar-refractivity contribution < 1.29 is 0 Å². The standard InChI is InChI=1S/C10H17NP4/c1-7-5-8-3-2-4-11-9(8)6-10(7)15(13)14-12/h2-4,7,10,14H,5-6,12-13H2,1H3. The van der Waals surface area contributed by atoms with E-state index in [9.17, 15) is 0 Å². The molecule has 15 heavy (non-hydrogen) atoms. The maximum Gasteiger partial charge on any atom is 0.0442 e. The van der Waals surface area contributed by atoms with Crippen LogP contribution in [-0.2, 0) is 12.8 Å². The molecule has 0 aliphatic heterocycles. The van der Waals surface area contributed by atoms with E-state index < -0.39 is 0 Å². The summed E-state index contributed by atoms with van der Waals surface area (Å²) in [6.45, 7) is 2.39. The van der Waals surface area contributed by atoms with E-state index in [0.717, 1.165) is 19.5 Å². The van der Waals surface area contributed by atoms with Gasteiger partial charge in [0.25, 0.3) is 0 Å². The lowest BCUT2D eigenvalue weighted by atomic mass is 9.87. The van der Waals surface area contributed by atoms with Gasteiger partial charge in [-0.25, -0.2) is 0 Å². The SMILES string of the molecule is CC1Cc2cccnc2CC1P(P)PP. The van der Waals surface area contributed by atoms with Gasteiger partial charge in [0, 0.05) is 11.9 Å². The van der Waals surface area contributed by atoms with Crippen molar-refractivity contribution in [1.82, 2.24) is 4.98 Å². The summed E-state index contributed by atoms with van der Waals surface area (Å²) in [6, 6.07) is 4.30. The zero-order chi connectivity index (χ0) is 10.8. The van der Waals surface area contributed by atoms with Gasteiger partial charge in [0.2, 0.25) is 0 Å².